The highest BCUT2D eigenvalue weighted by Crippen LogP contribution is 2.28. The number of aliphatic hydroxyl groups is 1. The van der Waals surface area contributed by atoms with Crippen LogP contribution < -0.4 is 4.90 Å². The van der Waals surface area contributed by atoms with E-state index in [1.54, 1.807) is 25.1 Å². The monoisotopic (exact) mass is 309 g/mol. The maximum atomic E-state index is 12.2. The minimum Gasteiger partial charge on any atom is -0.469 e. The van der Waals surface area contributed by atoms with Crippen LogP contribution in [0.1, 0.15) is 28.4 Å². The van der Waals surface area contributed by atoms with E-state index in [4.69, 9.17) is 14.6 Å². The second-order valence-electron chi connectivity index (χ2n) is 5.01. The molecule has 0 fully saturated rings. The Hall–Kier alpha value is -2.08. The number of carbonyl (C=O) groups is 2. The molecule has 6 nitrogen and oxygen atoms in total. The van der Waals surface area contributed by atoms with Gasteiger partial charge in [0.2, 0.25) is 0 Å². The minimum absolute atomic E-state index is 0.0611. The van der Waals surface area contributed by atoms with E-state index in [9.17, 15) is 9.59 Å². The number of ether oxygens (including phenoxy) is 2. The van der Waals surface area contributed by atoms with Crippen molar-refractivity contribution in [1.82, 2.24) is 0 Å². The van der Waals surface area contributed by atoms with Gasteiger partial charge in [0.05, 0.1) is 31.4 Å². The maximum absolute atomic E-state index is 12.2. The molecular formula is C16H23NO5. The summed E-state index contributed by atoms with van der Waals surface area (Å²) in [5.41, 5.74) is 2.66. The summed E-state index contributed by atoms with van der Waals surface area (Å²) < 4.78 is 9.74. The highest BCUT2D eigenvalue weighted by atomic mass is 16.5. The molecule has 1 N–H and O–H groups in total. The quantitative estimate of drug-likeness (QED) is 0.762. The topological polar surface area (TPSA) is 76.1 Å². The summed E-state index contributed by atoms with van der Waals surface area (Å²) in [6, 6.07) is 3.66. The van der Waals surface area contributed by atoms with Crippen LogP contribution >= 0.6 is 0 Å². The summed E-state index contributed by atoms with van der Waals surface area (Å²) in [5, 5.41) is 8.80. The molecule has 0 atom stereocenters. The Morgan fingerprint density at radius 2 is 1.95 bits per heavy atom. The van der Waals surface area contributed by atoms with Crippen molar-refractivity contribution in [2.75, 3.05) is 39.3 Å². The van der Waals surface area contributed by atoms with Crippen LogP contribution in [0.15, 0.2) is 12.1 Å². The first-order valence-corrected chi connectivity index (χ1v) is 7.12. The first-order valence-electron chi connectivity index (χ1n) is 7.12. The SMILES string of the molecule is CCc1cc(CC(=O)OC)c(N(C)C)c(C(=O)OCCO)c1. The number of hydrogen-bond donors (Lipinski definition) is 1. The van der Waals surface area contributed by atoms with Gasteiger partial charge in [0, 0.05) is 14.1 Å². The number of anilines is 1. The second-order valence-corrected chi connectivity index (χ2v) is 5.01. The molecule has 0 radical (unpaired) electrons. The van der Waals surface area contributed by atoms with E-state index in [1.807, 2.05) is 13.0 Å². The fourth-order valence-electron chi connectivity index (χ4n) is 2.23. The molecule has 0 aliphatic rings. The van der Waals surface area contributed by atoms with Gasteiger partial charge in [-0.15, -0.1) is 0 Å². The van der Waals surface area contributed by atoms with E-state index in [0.29, 0.717) is 16.8 Å². The van der Waals surface area contributed by atoms with E-state index < -0.39 is 5.97 Å². The van der Waals surface area contributed by atoms with Gasteiger partial charge in [-0.1, -0.05) is 13.0 Å². The normalized spacial score (nSPS) is 10.2. The molecule has 0 amide bonds. The van der Waals surface area contributed by atoms with Crippen molar-refractivity contribution in [3.63, 3.8) is 0 Å². The van der Waals surface area contributed by atoms with Gasteiger partial charge >= 0.3 is 11.9 Å². The number of nitrogens with zero attached hydrogens (tertiary/aromatic N) is 1. The molecule has 0 aromatic heterocycles. The molecule has 0 saturated carbocycles. The van der Waals surface area contributed by atoms with Gasteiger partial charge in [-0.25, -0.2) is 4.79 Å². The van der Waals surface area contributed by atoms with Gasteiger partial charge in [0.25, 0.3) is 0 Å². The van der Waals surface area contributed by atoms with Crippen molar-refractivity contribution in [2.24, 2.45) is 0 Å². The molecule has 22 heavy (non-hydrogen) atoms. The summed E-state index contributed by atoms with van der Waals surface area (Å²) in [7, 11) is 4.92. The Bertz CT molecular complexity index is 540. The largest absolute Gasteiger partial charge is 0.469 e. The summed E-state index contributed by atoms with van der Waals surface area (Å²) in [6.07, 6.45) is 0.806. The van der Waals surface area contributed by atoms with Crippen LogP contribution in [-0.2, 0) is 27.1 Å². The van der Waals surface area contributed by atoms with Crippen molar-refractivity contribution < 1.29 is 24.2 Å². The zero-order valence-corrected chi connectivity index (χ0v) is 13.5. The average molecular weight is 309 g/mol. The van der Waals surface area contributed by atoms with Gasteiger partial charge in [-0.05, 0) is 23.6 Å². The van der Waals surface area contributed by atoms with E-state index in [2.05, 4.69) is 0 Å². The summed E-state index contributed by atoms with van der Waals surface area (Å²) >= 11 is 0. The highest BCUT2D eigenvalue weighted by Gasteiger charge is 2.21. The molecule has 0 heterocycles. The summed E-state index contributed by atoms with van der Waals surface area (Å²) in [6.45, 7) is 1.68. The Kier molecular flexibility index (Phi) is 6.85. The number of hydrogen-bond acceptors (Lipinski definition) is 6. The van der Waals surface area contributed by atoms with Crippen LogP contribution in [0.4, 0.5) is 5.69 Å². The third-order valence-corrected chi connectivity index (χ3v) is 3.21. The molecule has 1 rings (SSSR count). The minimum atomic E-state index is -0.515. The van der Waals surface area contributed by atoms with Crippen molar-refractivity contribution in [1.29, 1.82) is 0 Å². The first-order chi connectivity index (χ1) is 10.4. The fourth-order valence-corrected chi connectivity index (χ4v) is 2.23. The van der Waals surface area contributed by atoms with Crippen LogP contribution in [0.2, 0.25) is 0 Å². The molecule has 0 unspecified atom stereocenters. The van der Waals surface area contributed by atoms with Gasteiger partial charge in [0.1, 0.15) is 6.61 Å². The average Bonchev–Trinajstić information content (AvgIpc) is 2.51. The van der Waals surface area contributed by atoms with Gasteiger partial charge in [-0.3, -0.25) is 4.79 Å². The lowest BCUT2D eigenvalue weighted by Gasteiger charge is -2.22. The standard InChI is InChI=1S/C16H23NO5/c1-5-11-8-12(10-14(19)21-4)15(17(2)3)13(9-11)16(20)22-7-6-18/h8-9,18H,5-7,10H2,1-4H3. The van der Waals surface area contributed by atoms with Crippen molar-refractivity contribution in [3.05, 3.63) is 28.8 Å². The van der Waals surface area contributed by atoms with Crippen LogP contribution in [-0.4, -0.2) is 51.5 Å². The van der Waals surface area contributed by atoms with E-state index in [0.717, 1.165) is 12.0 Å². The zero-order chi connectivity index (χ0) is 16.7. The Morgan fingerprint density at radius 3 is 2.45 bits per heavy atom. The number of aryl methyl sites for hydroxylation is 1. The van der Waals surface area contributed by atoms with Crippen LogP contribution in [0.5, 0.6) is 0 Å². The molecule has 6 heteroatoms. The molecule has 0 bridgehead atoms. The first kappa shape index (κ1) is 18.0. The molecule has 122 valence electrons. The van der Waals surface area contributed by atoms with Crippen LogP contribution in [0.25, 0.3) is 0 Å². The lowest BCUT2D eigenvalue weighted by atomic mass is 9.98. The zero-order valence-electron chi connectivity index (χ0n) is 13.5. The predicted molar refractivity (Wildman–Crippen MR) is 83.2 cm³/mol. The van der Waals surface area contributed by atoms with Gasteiger partial charge < -0.3 is 19.5 Å². The van der Waals surface area contributed by atoms with Crippen molar-refractivity contribution in [3.8, 4) is 0 Å². The van der Waals surface area contributed by atoms with E-state index in [-0.39, 0.29) is 25.6 Å². The molecule has 0 spiro atoms. The molecule has 0 aliphatic heterocycles. The highest BCUT2D eigenvalue weighted by molar-refractivity contribution is 5.97. The smallest absolute Gasteiger partial charge is 0.340 e. The lowest BCUT2D eigenvalue weighted by Crippen LogP contribution is -2.20. The number of carbonyl (C=O) groups excluding carboxylic acids is 2. The van der Waals surface area contributed by atoms with Gasteiger partial charge in [0.15, 0.2) is 0 Å². The Morgan fingerprint density at radius 1 is 1.27 bits per heavy atom. The Labute approximate surface area is 130 Å². The third-order valence-electron chi connectivity index (χ3n) is 3.21. The fraction of sp³-hybridized carbons (Fsp3) is 0.500. The predicted octanol–water partition coefficient (Wildman–Crippen LogP) is 1.18. The molecule has 0 saturated heterocycles. The Balaban J connectivity index is 3.35. The van der Waals surface area contributed by atoms with Crippen molar-refractivity contribution in [2.45, 2.75) is 19.8 Å². The third kappa shape index (κ3) is 4.46. The number of rotatable bonds is 7. The number of esters is 2. The number of methoxy groups -OCH3 is 1. The van der Waals surface area contributed by atoms with E-state index >= 15 is 0 Å². The van der Waals surface area contributed by atoms with E-state index in [1.165, 1.54) is 7.11 Å². The van der Waals surface area contributed by atoms with Crippen molar-refractivity contribution >= 4 is 17.6 Å². The van der Waals surface area contributed by atoms with Crippen LogP contribution in [0.3, 0.4) is 0 Å². The molecular weight excluding hydrogens is 286 g/mol. The van der Waals surface area contributed by atoms with Crippen LogP contribution in [0, 0.1) is 0 Å². The van der Waals surface area contributed by atoms with Gasteiger partial charge in [-0.2, -0.15) is 0 Å². The molecule has 0 aliphatic carbocycles. The summed E-state index contributed by atoms with van der Waals surface area (Å²) in [4.78, 5) is 25.6. The number of aliphatic hydroxyl groups excluding tert-OH is 1. The molecule has 1 aromatic rings. The maximum Gasteiger partial charge on any atom is 0.340 e. The summed E-state index contributed by atoms with van der Waals surface area (Å²) in [5.74, 6) is -0.884. The lowest BCUT2D eigenvalue weighted by molar-refractivity contribution is -0.139. The molecule has 1 aromatic carbocycles. The number of benzene rings is 1. The second kappa shape index (κ2) is 8.38.